The number of nitrogens with one attached hydrogen (secondary N) is 1. The summed E-state index contributed by atoms with van der Waals surface area (Å²) in [6.45, 7) is 5.34. The number of piperazine rings is 1. The van der Waals surface area contributed by atoms with E-state index >= 15 is 0 Å². The molecule has 0 aliphatic carbocycles. The van der Waals surface area contributed by atoms with Gasteiger partial charge in [-0.15, -0.1) is 10.2 Å². The van der Waals surface area contributed by atoms with Gasteiger partial charge in [0.25, 0.3) is 5.91 Å². The number of hydrogen-bond acceptors (Lipinski definition) is 6. The number of carbonyl (C=O) groups is 1. The number of carbonyl (C=O) groups excluding carboxylic acids is 1. The first-order valence-corrected chi connectivity index (χ1v) is 8.64. The zero-order chi connectivity index (χ0) is 18.4. The van der Waals surface area contributed by atoms with Crippen LogP contribution in [-0.2, 0) is 4.79 Å². The lowest BCUT2D eigenvalue weighted by atomic mass is 10.3. The average Bonchev–Trinajstić information content (AvgIpc) is 2.68. The number of benzene rings is 1. The number of anilines is 2. The van der Waals surface area contributed by atoms with Gasteiger partial charge in [0.2, 0.25) is 0 Å². The quantitative estimate of drug-likeness (QED) is 0.848. The summed E-state index contributed by atoms with van der Waals surface area (Å²) in [7, 11) is 0. The number of amides is 1. The Morgan fingerprint density at radius 3 is 2.46 bits per heavy atom. The van der Waals surface area contributed by atoms with Crippen LogP contribution in [0, 0.1) is 5.82 Å². The van der Waals surface area contributed by atoms with E-state index in [1.54, 1.807) is 4.90 Å². The summed E-state index contributed by atoms with van der Waals surface area (Å²) in [5, 5.41) is 11.5. The highest BCUT2D eigenvalue weighted by molar-refractivity contribution is 5.78. The van der Waals surface area contributed by atoms with E-state index in [4.69, 9.17) is 4.74 Å². The molecule has 0 bridgehead atoms. The molecule has 1 aliphatic heterocycles. The fraction of sp³-hybridized carbons (Fsp3) is 0.389. The zero-order valence-electron chi connectivity index (χ0n) is 14.7. The lowest BCUT2D eigenvalue weighted by Crippen LogP contribution is -2.50. The summed E-state index contributed by atoms with van der Waals surface area (Å²) in [5.74, 6) is 1.63. The maximum absolute atomic E-state index is 12.9. The van der Waals surface area contributed by atoms with E-state index in [-0.39, 0.29) is 18.3 Å². The first kappa shape index (κ1) is 17.9. The molecule has 26 heavy (non-hydrogen) atoms. The van der Waals surface area contributed by atoms with Gasteiger partial charge >= 0.3 is 0 Å². The van der Waals surface area contributed by atoms with E-state index in [2.05, 4.69) is 20.4 Å². The SMILES string of the molecule is CCNc1ccc(N2CCN(C(=O)COc3ccc(F)cc3)CC2)nn1. The Morgan fingerprint density at radius 2 is 1.85 bits per heavy atom. The van der Waals surface area contributed by atoms with Crippen LogP contribution in [-0.4, -0.2) is 60.3 Å². The van der Waals surface area contributed by atoms with Crippen molar-refractivity contribution >= 4 is 17.5 Å². The number of rotatable bonds is 6. The van der Waals surface area contributed by atoms with Crippen LogP contribution in [0.5, 0.6) is 5.75 Å². The first-order valence-electron chi connectivity index (χ1n) is 8.64. The van der Waals surface area contributed by atoms with Crippen molar-refractivity contribution in [2.75, 3.05) is 49.5 Å². The molecule has 1 aromatic carbocycles. The minimum Gasteiger partial charge on any atom is -0.484 e. The van der Waals surface area contributed by atoms with Crippen molar-refractivity contribution in [3.05, 3.63) is 42.2 Å². The van der Waals surface area contributed by atoms with Gasteiger partial charge in [0.1, 0.15) is 17.4 Å². The van der Waals surface area contributed by atoms with Gasteiger partial charge in [0.15, 0.2) is 12.4 Å². The number of ether oxygens (including phenoxy) is 1. The monoisotopic (exact) mass is 359 g/mol. The van der Waals surface area contributed by atoms with Crippen LogP contribution in [0.2, 0.25) is 0 Å². The molecular weight excluding hydrogens is 337 g/mol. The maximum Gasteiger partial charge on any atom is 0.260 e. The van der Waals surface area contributed by atoms with Crippen LogP contribution < -0.4 is 15.0 Å². The molecule has 0 saturated carbocycles. The summed E-state index contributed by atoms with van der Waals surface area (Å²) in [5.41, 5.74) is 0. The molecule has 1 aliphatic rings. The van der Waals surface area contributed by atoms with Crippen molar-refractivity contribution in [1.29, 1.82) is 0 Å². The lowest BCUT2D eigenvalue weighted by molar-refractivity contribution is -0.133. The maximum atomic E-state index is 12.9. The van der Waals surface area contributed by atoms with Crippen molar-refractivity contribution in [3.8, 4) is 5.75 Å². The molecule has 0 radical (unpaired) electrons. The number of aromatic nitrogens is 2. The van der Waals surface area contributed by atoms with Gasteiger partial charge in [0, 0.05) is 32.7 Å². The molecule has 0 unspecified atom stereocenters. The van der Waals surface area contributed by atoms with Crippen molar-refractivity contribution in [2.45, 2.75) is 6.92 Å². The van der Waals surface area contributed by atoms with Crippen LogP contribution >= 0.6 is 0 Å². The summed E-state index contributed by atoms with van der Waals surface area (Å²) >= 11 is 0. The van der Waals surface area contributed by atoms with Crippen LogP contribution in [0.15, 0.2) is 36.4 Å². The smallest absolute Gasteiger partial charge is 0.260 e. The van der Waals surface area contributed by atoms with Crippen LogP contribution in [0.1, 0.15) is 6.92 Å². The molecule has 1 aromatic heterocycles. The van der Waals surface area contributed by atoms with Gasteiger partial charge in [-0.1, -0.05) is 0 Å². The van der Waals surface area contributed by atoms with Crippen molar-refractivity contribution in [3.63, 3.8) is 0 Å². The number of nitrogens with zero attached hydrogens (tertiary/aromatic N) is 4. The molecule has 1 N–H and O–H groups in total. The molecule has 0 spiro atoms. The van der Waals surface area contributed by atoms with Crippen LogP contribution in [0.3, 0.4) is 0 Å². The lowest BCUT2D eigenvalue weighted by Gasteiger charge is -2.35. The Balaban J connectivity index is 1.46. The minimum atomic E-state index is -0.332. The molecule has 0 atom stereocenters. The second-order valence-corrected chi connectivity index (χ2v) is 5.92. The zero-order valence-corrected chi connectivity index (χ0v) is 14.7. The Kier molecular flexibility index (Phi) is 5.83. The van der Waals surface area contributed by atoms with E-state index in [0.29, 0.717) is 31.9 Å². The second kappa shape index (κ2) is 8.46. The number of halogens is 1. The van der Waals surface area contributed by atoms with Crippen LogP contribution in [0.4, 0.5) is 16.0 Å². The molecule has 1 amide bonds. The summed E-state index contributed by atoms with van der Waals surface area (Å²) < 4.78 is 18.3. The molecule has 1 fully saturated rings. The van der Waals surface area contributed by atoms with Gasteiger partial charge in [0.05, 0.1) is 0 Å². The largest absolute Gasteiger partial charge is 0.484 e. The average molecular weight is 359 g/mol. The summed E-state index contributed by atoms with van der Waals surface area (Å²) in [6.07, 6.45) is 0. The fourth-order valence-corrected chi connectivity index (χ4v) is 2.72. The van der Waals surface area contributed by atoms with E-state index in [1.165, 1.54) is 24.3 Å². The van der Waals surface area contributed by atoms with Gasteiger partial charge in [-0.05, 0) is 43.3 Å². The van der Waals surface area contributed by atoms with Gasteiger partial charge in [-0.3, -0.25) is 4.79 Å². The molecule has 3 rings (SSSR count). The molecule has 8 heteroatoms. The molecule has 1 saturated heterocycles. The van der Waals surface area contributed by atoms with Crippen molar-refractivity contribution in [1.82, 2.24) is 15.1 Å². The molecule has 2 aromatic rings. The topological polar surface area (TPSA) is 70.6 Å². The summed E-state index contributed by atoms with van der Waals surface area (Å²) in [4.78, 5) is 16.1. The van der Waals surface area contributed by atoms with Gasteiger partial charge in [-0.2, -0.15) is 0 Å². The highest BCUT2D eigenvalue weighted by Gasteiger charge is 2.22. The minimum absolute atomic E-state index is 0.0528. The number of hydrogen-bond donors (Lipinski definition) is 1. The third kappa shape index (κ3) is 4.59. The molecule has 2 heterocycles. The Labute approximate surface area is 151 Å². The third-order valence-electron chi connectivity index (χ3n) is 4.14. The van der Waals surface area contributed by atoms with Crippen molar-refractivity contribution in [2.24, 2.45) is 0 Å². The molecular formula is C18H22FN5O2. The Bertz CT molecular complexity index is 715. The molecule has 7 nitrogen and oxygen atoms in total. The highest BCUT2D eigenvalue weighted by Crippen LogP contribution is 2.15. The fourth-order valence-electron chi connectivity index (χ4n) is 2.72. The highest BCUT2D eigenvalue weighted by atomic mass is 19.1. The first-order chi connectivity index (χ1) is 12.7. The van der Waals surface area contributed by atoms with E-state index in [0.717, 1.165) is 18.2 Å². The normalized spacial score (nSPS) is 14.2. The van der Waals surface area contributed by atoms with Crippen LogP contribution in [0.25, 0.3) is 0 Å². The Morgan fingerprint density at radius 1 is 1.12 bits per heavy atom. The van der Waals surface area contributed by atoms with E-state index in [1.807, 2.05) is 19.1 Å². The summed E-state index contributed by atoms with van der Waals surface area (Å²) in [6, 6.07) is 9.47. The predicted molar refractivity (Wildman–Crippen MR) is 96.9 cm³/mol. The second-order valence-electron chi connectivity index (χ2n) is 5.92. The molecule has 138 valence electrons. The van der Waals surface area contributed by atoms with Crippen molar-refractivity contribution < 1.29 is 13.9 Å². The Hall–Kier alpha value is -2.90. The van der Waals surface area contributed by atoms with Gasteiger partial charge in [-0.25, -0.2) is 4.39 Å². The third-order valence-corrected chi connectivity index (χ3v) is 4.14. The van der Waals surface area contributed by atoms with E-state index < -0.39 is 0 Å². The van der Waals surface area contributed by atoms with Gasteiger partial charge < -0.3 is 19.9 Å². The predicted octanol–water partition coefficient (Wildman–Crippen LogP) is 1.78. The standard InChI is InChI=1S/C18H22FN5O2/c1-2-20-16-7-8-17(22-21-16)23-9-11-24(12-10-23)18(25)13-26-15-5-3-14(19)4-6-15/h3-8H,2,9-13H2,1H3,(H,20,21). The van der Waals surface area contributed by atoms with E-state index in [9.17, 15) is 9.18 Å².